The topological polar surface area (TPSA) is 41.3 Å². The van der Waals surface area contributed by atoms with Crippen molar-refractivity contribution in [3.05, 3.63) is 52.1 Å². The molecule has 6 heteroatoms. The second-order valence-electron chi connectivity index (χ2n) is 5.28. The van der Waals surface area contributed by atoms with Crippen LogP contribution < -0.4 is 5.32 Å². The zero-order valence-corrected chi connectivity index (χ0v) is 14.3. The predicted molar refractivity (Wildman–Crippen MR) is 92.3 cm³/mol. The molecule has 0 aliphatic rings. The SMILES string of the molecule is CN(C)C(CNCc1csc(-c2ccsc2)n1)c1ccco1. The lowest BCUT2D eigenvalue weighted by Crippen LogP contribution is -2.30. The van der Waals surface area contributed by atoms with Gasteiger partial charge in [0.1, 0.15) is 10.8 Å². The maximum Gasteiger partial charge on any atom is 0.124 e. The fourth-order valence-electron chi connectivity index (χ4n) is 2.26. The number of thiophene rings is 1. The van der Waals surface area contributed by atoms with E-state index < -0.39 is 0 Å². The van der Waals surface area contributed by atoms with Crippen LogP contribution in [0.15, 0.2) is 45.0 Å². The van der Waals surface area contributed by atoms with E-state index in [1.54, 1.807) is 28.9 Å². The van der Waals surface area contributed by atoms with Crippen LogP contribution in [0.5, 0.6) is 0 Å². The van der Waals surface area contributed by atoms with Crippen molar-refractivity contribution in [3.8, 4) is 10.6 Å². The third kappa shape index (κ3) is 3.64. The van der Waals surface area contributed by atoms with E-state index in [0.717, 1.165) is 29.6 Å². The molecule has 0 saturated heterocycles. The minimum atomic E-state index is 0.227. The highest BCUT2D eigenvalue weighted by Crippen LogP contribution is 2.25. The van der Waals surface area contributed by atoms with Crippen molar-refractivity contribution in [1.82, 2.24) is 15.2 Å². The van der Waals surface area contributed by atoms with E-state index in [1.165, 1.54) is 5.56 Å². The molecule has 1 atom stereocenters. The van der Waals surface area contributed by atoms with Crippen molar-refractivity contribution in [2.75, 3.05) is 20.6 Å². The fraction of sp³-hybridized carbons (Fsp3) is 0.312. The number of hydrogen-bond donors (Lipinski definition) is 1. The molecule has 116 valence electrons. The molecule has 1 unspecified atom stereocenters. The fourth-order valence-corrected chi connectivity index (χ4v) is 3.79. The van der Waals surface area contributed by atoms with E-state index in [4.69, 9.17) is 4.42 Å². The maximum absolute atomic E-state index is 5.52. The van der Waals surface area contributed by atoms with Crippen LogP contribution in [-0.2, 0) is 6.54 Å². The first-order valence-corrected chi connectivity index (χ1v) is 8.94. The van der Waals surface area contributed by atoms with Gasteiger partial charge >= 0.3 is 0 Å². The second kappa shape index (κ2) is 7.19. The van der Waals surface area contributed by atoms with Gasteiger partial charge in [-0.15, -0.1) is 11.3 Å². The molecule has 1 N–H and O–H groups in total. The zero-order valence-electron chi connectivity index (χ0n) is 12.7. The molecule has 0 aliphatic carbocycles. The van der Waals surface area contributed by atoms with Crippen molar-refractivity contribution in [1.29, 1.82) is 0 Å². The van der Waals surface area contributed by atoms with Crippen molar-refractivity contribution in [3.63, 3.8) is 0 Å². The number of furan rings is 1. The molecule has 0 spiro atoms. The van der Waals surface area contributed by atoms with Crippen molar-refractivity contribution < 1.29 is 4.42 Å². The lowest BCUT2D eigenvalue weighted by molar-refractivity contribution is 0.250. The molecule has 0 radical (unpaired) electrons. The van der Waals surface area contributed by atoms with Crippen molar-refractivity contribution in [2.45, 2.75) is 12.6 Å². The number of thiazole rings is 1. The van der Waals surface area contributed by atoms with E-state index >= 15 is 0 Å². The molecule has 0 fully saturated rings. The first-order chi connectivity index (χ1) is 10.7. The normalized spacial score (nSPS) is 12.9. The van der Waals surface area contributed by atoms with Gasteiger partial charge in [-0.05, 0) is 37.7 Å². The Hall–Kier alpha value is -1.47. The van der Waals surface area contributed by atoms with E-state index in [0.29, 0.717) is 0 Å². The lowest BCUT2D eigenvalue weighted by atomic mass is 10.2. The standard InChI is InChI=1S/C16H19N3OS2/c1-19(2)14(15-4-3-6-20-15)9-17-8-13-11-22-16(18-13)12-5-7-21-10-12/h3-7,10-11,14,17H,8-9H2,1-2H3. The van der Waals surface area contributed by atoms with Crippen molar-refractivity contribution >= 4 is 22.7 Å². The Morgan fingerprint density at radius 3 is 2.91 bits per heavy atom. The summed E-state index contributed by atoms with van der Waals surface area (Å²) in [5.74, 6) is 0.981. The van der Waals surface area contributed by atoms with Crippen molar-refractivity contribution in [2.24, 2.45) is 0 Å². The minimum Gasteiger partial charge on any atom is -0.468 e. The minimum absolute atomic E-state index is 0.227. The van der Waals surface area contributed by atoms with Gasteiger partial charge < -0.3 is 9.73 Å². The quantitative estimate of drug-likeness (QED) is 0.713. The van der Waals surface area contributed by atoms with E-state index in [2.05, 4.69) is 51.5 Å². The summed E-state index contributed by atoms with van der Waals surface area (Å²) in [7, 11) is 4.12. The largest absolute Gasteiger partial charge is 0.468 e. The van der Waals surface area contributed by atoms with Crippen LogP contribution in [-0.4, -0.2) is 30.5 Å². The summed E-state index contributed by atoms with van der Waals surface area (Å²) in [5.41, 5.74) is 2.30. The summed E-state index contributed by atoms with van der Waals surface area (Å²) < 4.78 is 5.52. The molecule has 0 bridgehead atoms. The van der Waals surface area contributed by atoms with Crippen LogP contribution in [0, 0.1) is 0 Å². The van der Waals surface area contributed by atoms with Gasteiger partial charge in [-0.1, -0.05) is 0 Å². The van der Waals surface area contributed by atoms with E-state index in [1.807, 2.05) is 12.1 Å². The van der Waals surface area contributed by atoms with Gasteiger partial charge in [-0.2, -0.15) is 11.3 Å². The van der Waals surface area contributed by atoms with E-state index in [9.17, 15) is 0 Å². The summed E-state index contributed by atoms with van der Waals surface area (Å²) in [4.78, 5) is 6.84. The van der Waals surface area contributed by atoms with Crippen LogP contribution in [0.2, 0.25) is 0 Å². The maximum atomic E-state index is 5.52. The van der Waals surface area contributed by atoms with Gasteiger partial charge in [-0.25, -0.2) is 4.98 Å². The number of rotatable bonds is 7. The first-order valence-electron chi connectivity index (χ1n) is 7.11. The van der Waals surface area contributed by atoms with Gasteiger partial charge in [0.15, 0.2) is 0 Å². The van der Waals surface area contributed by atoms with E-state index in [-0.39, 0.29) is 6.04 Å². The van der Waals surface area contributed by atoms with Gasteiger partial charge in [0, 0.05) is 29.4 Å². The van der Waals surface area contributed by atoms with Gasteiger partial charge in [-0.3, -0.25) is 4.90 Å². The first kappa shape index (κ1) is 15.4. The molecule has 3 aromatic heterocycles. The lowest BCUT2D eigenvalue weighted by Gasteiger charge is -2.22. The number of aromatic nitrogens is 1. The molecule has 3 heterocycles. The number of hydrogen-bond acceptors (Lipinski definition) is 6. The van der Waals surface area contributed by atoms with Gasteiger partial charge in [0.05, 0.1) is 18.0 Å². The summed E-state index contributed by atoms with van der Waals surface area (Å²) in [5, 5.41) is 10.9. The average molecular weight is 333 g/mol. The van der Waals surface area contributed by atoms with Crippen LogP contribution >= 0.6 is 22.7 Å². The Bertz CT molecular complexity index is 674. The molecule has 0 saturated carbocycles. The number of likely N-dealkylation sites (N-methyl/N-ethyl adjacent to an activating group) is 1. The highest BCUT2D eigenvalue weighted by atomic mass is 32.1. The second-order valence-corrected chi connectivity index (χ2v) is 6.92. The third-order valence-electron chi connectivity index (χ3n) is 3.46. The van der Waals surface area contributed by atoms with Crippen LogP contribution in [0.3, 0.4) is 0 Å². The number of nitrogens with one attached hydrogen (secondary N) is 1. The Balaban J connectivity index is 1.56. The summed E-state index contributed by atoms with van der Waals surface area (Å²) in [6.45, 7) is 1.59. The zero-order chi connectivity index (χ0) is 15.4. The Morgan fingerprint density at radius 2 is 2.23 bits per heavy atom. The molecule has 3 rings (SSSR count). The predicted octanol–water partition coefficient (Wildman–Crippen LogP) is 3.86. The highest BCUT2D eigenvalue weighted by molar-refractivity contribution is 7.14. The molecule has 0 amide bonds. The molecule has 0 aliphatic heterocycles. The van der Waals surface area contributed by atoms with Gasteiger partial charge in [0.2, 0.25) is 0 Å². The molecular formula is C16H19N3OS2. The Morgan fingerprint density at radius 1 is 1.32 bits per heavy atom. The molecule has 22 heavy (non-hydrogen) atoms. The molecule has 4 nitrogen and oxygen atoms in total. The number of nitrogens with zero attached hydrogens (tertiary/aromatic N) is 2. The van der Waals surface area contributed by atoms with Crippen LogP contribution in [0.4, 0.5) is 0 Å². The third-order valence-corrected chi connectivity index (χ3v) is 5.08. The Labute approximate surface area is 138 Å². The molecule has 3 aromatic rings. The van der Waals surface area contributed by atoms with Crippen LogP contribution in [0.1, 0.15) is 17.5 Å². The smallest absolute Gasteiger partial charge is 0.124 e. The molecule has 0 aromatic carbocycles. The summed E-state index contributed by atoms with van der Waals surface area (Å²) in [6, 6.07) is 6.29. The summed E-state index contributed by atoms with van der Waals surface area (Å²) >= 11 is 3.40. The average Bonchev–Trinajstić information content (AvgIpc) is 3.23. The molecular weight excluding hydrogens is 314 g/mol. The van der Waals surface area contributed by atoms with Crippen LogP contribution in [0.25, 0.3) is 10.6 Å². The highest BCUT2D eigenvalue weighted by Gasteiger charge is 2.16. The monoisotopic (exact) mass is 333 g/mol. The summed E-state index contributed by atoms with van der Waals surface area (Å²) in [6.07, 6.45) is 1.72. The Kier molecular flexibility index (Phi) is 5.04. The van der Waals surface area contributed by atoms with Gasteiger partial charge in [0.25, 0.3) is 0 Å².